The molecule has 0 spiro atoms. The quantitative estimate of drug-likeness (QED) is 0.562. The molecule has 1 aromatic heterocycles. The van der Waals surface area contributed by atoms with Gasteiger partial charge in [-0.1, -0.05) is 6.92 Å². The fraction of sp³-hybridized carbons (Fsp3) is 0.769. The summed E-state index contributed by atoms with van der Waals surface area (Å²) in [4.78, 5) is 6.63. The number of nitrogens with two attached hydrogens (primary N) is 1. The summed E-state index contributed by atoms with van der Waals surface area (Å²) in [5, 5.41) is 0. The van der Waals surface area contributed by atoms with Crippen molar-refractivity contribution in [3.63, 3.8) is 0 Å². The molecule has 0 aliphatic heterocycles. The second-order valence-electron chi connectivity index (χ2n) is 5.51. The first kappa shape index (κ1) is 15.1. The van der Waals surface area contributed by atoms with Crippen molar-refractivity contribution >= 4 is 0 Å². The van der Waals surface area contributed by atoms with Crippen molar-refractivity contribution in [2.75, 3.05) is 14.1 Å². The zero-order valence-electron chi connectivity index (χ0n) is 12.3. The van der Waals surface area contributed by atoms with E-state index in [1.165, 1.54) is 0 Å². The number of hydrogen-bond donors (Lipinski definition) is 2. The Morgan fingerprint density at radius 3 is 2.67 bits per heavy atom. The Morgan fingerprint density at radius 1 is 1.50 bits per heavy atom. The molecule has 5 nitrogen and oxygen atoms in total. The predicted octanol–water partition coefficient (Wildman–Crippen LogP) is 1.01. The van der Waals surface area contributed by atoms with Gasteiger partial charge in [0.05, 0.1) is 0 Å². The summed E-state index contributed by atoms with van der Waals surface area (Å²) in [6, 6.07) is 0.158. The van der Waals surface area contributed by atoms with Crippen LogP contribution in [0.5, 0.6) is 0 Å². The van der Waals surface area contributed by atoms with Crippen LogP contribution in [-0.4, -0.2) is 40.1 Å². The molecule has 0 aliphatic carbocycles. The van der Waals surface area contributed by atoms with Crippen LogP contribution < -0.4 is 11.3 Å². The number of nitrogens with zero attached hydrogens (tertiary/aromatic N) is 3. The Bertz CT molecular complexity index is 356. The van der Waals surface area contributed by atoms with Crippen molar-refractivity contribution in [1.29, 1.82) is 0 Å². The van der Waals surface area contributed by atoms with Gasteiger partial charge in [0, 0.05) is 36.9 Å². The zero-order chi connectivity index (χ0) is 13.8. The fourth-order valence-corrected chi connectivity index (χ4v) is 1.98. The predicted molar refractivity (Wildman–Crippen MR) is 75.1 cm³/mol. The molecule has 0 fully saturated rings. The molecule has 0 aliphatic rings. The monoisotopic (exact) mass is 253 g/mol. The van der Waals surface area contributed by atoms with Crippen molar-refractivity contribution in [2.24, 2.45) is 5.84 Å². The van der Waals surface area contributed by atoms with Crippen molar-refractivity contribution in [1.82, 2.24) is 19.9 Å². The lowest BCUT2D eigenvalue weighted by atomic mass is 9.91. The molecular weight excluding hydrogens is 226 g/mol. The van der Waals surface area contributed by atoms with E-state index in [4.69, 9.17) is 5.84 Å². The average Bonchev–Trinajstić information content (AvgIpc) is 2.73. The van der Waals surface area contributed by atoms with Crippen LogP contribution in [-0.2, 0) is 13.0 Å². The molecule has 18 heavy (non-hydrogen) atoms. The van der Waals surface area contributed by atoms with E-state index in [0.717, 1.165) is 25.2 Å². The molecule has 1 aromatic rings. The Labute approximate surface area is 110 Å². The minimum atomic E-state index is -0.0300. The van der Waals surface area contributed by atoms with Crippen molar-refractivity contribution in [2.45, 2.75) is 51.7 Å². The highest BCUT2D eigenvalue weighted by atomic mass is 15.3. The van der Waals surface area contributed by atoms with Crippen LogP contribution in [0, 0.1) is 0 Å². The molecule has 5 heteroatoms. The minimum absolute atomic E-state index is 0.0300. The van der Waals surface area contributed by atoms with E-state index in [0.29, 0.717) is 0 Å². The fourth-order valence-electron chi connectivity index (χ4n) is 1.98. The number of aromatic nitrogens is 2. The molecule has 0 saturated carbocycles. The highest BCUT2D eigenvalue weighted by Crippen LogP contribution is 2.18. The lowest BCUT2D eigenvalue weighted by Gasteiger charge is -2.39. The second kappa shape index (κ2) is 6.31. The Balaban J connectivity index is 2.83. The number of hydrogen-bond acceptors (Lipinski definition) is 4. The number of likely N-dealkylation sites (N-methyl/N-ethyl adjacent to an activating group) is 1. The Morgan fingerprint density at radius 2 is 2.17 bits per heavy atom. The molecule has 0 radical (unpaired) electrons. The van der Waals surface area contributed by atoms with E-state index in [-0.39, 0.29) is 11.6 Å². The van der Waals surface area contributed by atoms with Gasteiger partial charge in [-0.15, -0.1) is 0 Å². The zero-order valence-corrected chi connectivity index (χ0v) is 12.3. The molecule has 0 saturated heterocycles. The normalized spacial score (nSPS) is 14.2. The first-order valence-corrected chi connectivity index (χ1v) is 6.57. The van der Waals surface area contributed by atoms with E-state index >= 15 is 0 Å². The van der Waals surface area contributed by atoms with Crippen LogP contribution in [0.25, 0.3) is 0 Å². The van der Waals surface area contributed by atoms with Gasteiger partial charge in [-0.25, -0.2) is 4.98 Å². The molecule has 1 unspecified atom stereocenters. The van der Waals surface area contributed by atoms with E-state index in [2.05, 4.69) is 54.7 Å². The van der Waals surface area contributed by atoms with Gasteiger partial charge >= 0.3 is 0 Å². The summed E-state index contributed by atoms with van der Waals surface area (Å²) >= 11 is 0. The molecule has 3 N–H and O–H groups in total. The average molecular weight is 253 g/mol. The Kier molecular flexibility index (Phi) is 5.31. The topological polar surface area (TPSA) is 59.1 Å². The number of rotatable bonds is 7. The maximum absolute atomic E-state index is 5.72. The molecule has 1 atom stereocenters. The molecule has 0 amide bonds. The Hall–Kier alpha value is -0.910. The van der Waals surface area contributed by atoms with Gasteiger partial charge in [-0.3, -0.25) is 11.3 Å². The van der Waals surface area contributed by atoms with E-state index in [1.54, 1.807) is 0 Å². The SMILES string of the molecule is CCCn1ccnc1CC(NN)C(C)(C)N(C)C. The second-order valence-corrected chi connectivity index (χ2v) is 5.51. The van der Waals surface area contributed by atoms with Crippen LogP contribution in [0.2, 0.25) is 0 Å². The van der Waals surface area contributed by atoms with Gasteiger partial charge in [0.25, 0.3) is 0 Å². The minimum Gasteiger partial charge on any atom is -0.335 e. The van der Waals surface area contributed by atoms with E-state index < -0.39 is 0 Å². The molecule has 1 rings (SSSR count). The smallest absolute Gasteiger partial charge is 0.110 e. The third-order valence-electron chi connectivity index (χ3n) is 3.86. The van der Waals surface area contributed by atoms with Gasteiger partial charge in [0.1, 0.15) is 5.82 Å². The number of nitrogens with one attached hydrogen (secondary N) is 1. The molecule has 0 bridgehead atoms. The standard InChI is InChI=1S/C13H27N5/c1-6-8-18-9-7-15-12(18)10-11(16-14)13(2,3)17(4)5/h7,9,11,16H,6,8,10,14H2,1-5H3. The maximum atomic E-state index is 5.72. The molecule has 0 aromatic carbocycles. The number of hydrazine groups is 1. The lowest BCUT2D eigenvalue weighted by Crippen LogP contribution is -2.58. The summed E-state index contributed by atoms with van der Waals surface area (Å²) in [7, 11) is 4.14. The van der Waals surface area contributed by atoms with Crippen LogP contribution in [0.4, 0.5) is 0 Å². The van der Waals surface area contributed by atoms with E-state index in [9.17, 15) is 0 Å². The van der Waals surface area contributed by atoms with Gasteiger partial charge < -0.3 is 9.47 Å². The van der Waals surface area contributed by atoms with Gasteiger partial charge in [0.15, 0.2) is 0 Å². The molecule has 1 heterocycles. The van der Waals surface area contributed by atoms with Crippen LogP contribution in [0.1, 0.15) is 33.0 Å². The van der Waals surface area contributed by atoms with Crippen molar-refractivity contribution in [3.8, 4) is 0 Å². The highest BCUT2D eigenvalue weighted by molar-refractivity contribution is 5.01. The summed E-state index contributed by atoms with van der Waals surface area (Å²) < 4.78 is 2.20. The molecule has 104 valence electrons. The largest absolute Gasteiger partial charge is 0.335 e. The van der Waals surface area contributed by atoms with Gasteiger partial charge in [-0.2, -0.15) is 0 Å². The van der Waals surface area contributed by atoms with E-state index in [1.807, 2.05) is 12.4 Å². The van der Waals surface area contributed by atoms with Gasteiger partial charge in [-0.05, 0) is 34.4 Å². The number of aryl methyl sites for hydroxylation is 1. The summed E-state index contributed by atoms with van der Waals surface area (Å²) in [6.07, 6.45) is 5.84. The lowest BCUT2D eigenvalue weighted by molar-refractivity contribution is 0.135. The summed E-state index contributed by atoms with van der Waals surface area (Å²) in [5.74, 6) is 6.82. The van der Waals surface area contributed by atoms with Crippen LogP contribution in [0.3, 0.4) is 0 Å². The van der Waals surface area contributed by atoms with Crippen LogP contribution in [0.15, 0.2) is 12.4 Å². The molecular formula is C13H27N5. The first-order chi connectivity index (χ1) is 8.43. The van der Waals surface area contributed by atoms with Crippen molar-refractivity contribution < 1.29 is 0 Å². The third kappa shape index (κ3) is 3.31. The van der Waals surface area contributed by atoms with Crippen LogP contribution >= 0.6 is 0 Å². The summed E-state index contributed by atoms with van der Waals surface area (Å²) in [6.45, 7) is 7.55. The van der Waals surface area contributed by atoms with Crippen molar-refractivity contribution in [3.05, 3.63) is 18.2 Å². The summed E-state index contributed by atoms with van der Waals surface area (Å²) in [5.41, 5.74) is 2.91. The highest BCUT2D eigenvalue weighted by Gasteiger charge is 2.31. The maximum Gasteiger partial charge on any atom is 0.110 e. The third-order valence-corrected chi connectivity index (χ3v) is 3.86. The number of imidazole rings is 1. The van der Waals surface area contributed by atoms with Gasteiger partial charge in [0.2, 0.25) is 0 Å². The first-order valence-electron chi connectivity index (χ1n) is 6.57.